The van der Waals surface area contributed by atoms with E-state index in [0.717, 1.165) is 0 Å². The number of aliphatic hydroxyl groups excluding tert-OH is 12. The zero-order valence-corrected chi connectivity index (χ0v) is 60.0. The van der Waals surface area contributed by atoms with E-state index in [1.54, 1.807) is 0 Å². The lowest BCUT2D eigenvalue weighted by molar-refractivity contribution is -0.203. The van der Waals surface area contributed by atoms with E-state index in [0.29, 0.717) is 44.9 Å². The maximum absolute atomic E-state index is 12.7. The second-order valence-electron chi connectivity index (χ2n) is 23.4. The monoisotopic (exact) mass is 1550 g/mol. The van der Waals surface area contributed by atoms with Crippen LogP contribution in [0.25, 0.3) is 0 Å². The SMILES string of the molecule is CC(COCCC(=O)NCCCNC(=O)CCCCOC(O)C(O)C(O)C(O)CCOP(=O)(O)O)C(CCOCCC(=O)NCCCNC(=O)CCCCOC(O)C(O)C(O)C(O)CCOP(=O)(O)O)OCCC(=O)NCCCNC(=O)CCCCOC(O)C(O)C(O)C(O)CCOP(=O)(O)O. The molecule has 42 nitrogen and oxygen atoms in total. The highest BCUT2D eigenvalue weighted by Gasteiger charge is 2.34. The second-order valence-corrected chi connectivity index (χ2v) is 27.1. The smallest absolute Gasteiger partial charge is 0.390 e. The van der Waals surface area contributed by atoms with Crippen LogP contribution >= 0.6 is 23.5 Å². The fraction of sp³-hybridized carbons (Fsp3) is 0.895. The normalized spacial score (nSPS) is 16.4. The van der Waals surface area contributed by atoms with Gasteiger partial charge >= 0.3 is 23.5 Å². The van der Waals surface area contributed by atoms with Gasteiger partial charge < -0.3 is 151 Å². The molecule has 14 unspecified atom stereocenters. The Morgan fingerprint density at radius 1 is 0.304 bits per heavy atom. The number of hydrogen-bond donors (Lipinski definition) is 24. The van der Waals surface area contributed by atoms with Gasteiger partial charge in [-0.25, -0.2) is 13.7 Å². The molecule has 0 spiro atoms. The van der Waals surface area contributed by atoms with Crippen molar-refractivity contribution in [1.29, 1.82) is 0 Å². The van der Waals surface area contributed by atoms with Crippen LogP contribution < -0.4 is 31.9 Å². The van der Waals surface area contributed by atoms with Crippen molar-refractivity contribution in [2.75, 3.05) is 112 Å². The zero-order chi connectivity index (χ0) is 77.1. The number of nitrogens with one attached hydrogen (secondary N) is 6. The van der Waals surface area contributed by atoms with Gasteiger partial charge in [0.1, 0.15) is 36.6 Å². The molecule has 0 bridgehead atoms. The third-order valence-corrected chi connectivity index (χ3v) is 16.1. The number of ether oxygens (including phenoxy) is 6. The minimum absolute atomic E-state index is 0.00269. The summed E-state index contributed by atoms with van der Waals surface area (Å²) in [5, 5.41) is 136. The van der Waals surface area contributed by atoms with Crippen molar-refractivity contribution in [2.24, 2.45) is 5.92 Å². The van der Waals surface area contributed by atoms with Crippen LogP contribution in [0.3, 0.4) is 0 Å². The molecule has 0 aliphatic heterocycles. The van der Waals surface area contributed by atoms with Gasteiger partial charge in [-0.15, -0.1) is 0 Å². The number of amides is 6. The van der Waals surface area contributed by atoms with Gasteiger partial charge in [-0.2, -0.15) is 0 Å². The molecule has 0 saturated carbocycles. The minimum atomic E-state index is -4.82. The number of aliphatic hydroxyl groups is 12. The summed E-state index contributed by atoms with van der Waals surface area (Å²) in [4.78, 5) is 127. The van der Waals surface area contributed by atoms with Crippen LogP contribution in [0.2, 0.25) is 0 Å². The standard InChI is InChI=1S/C57H113N6O36P3/c1-38(37-92-32-19-47(71)62-25-9-22-59-44(68)12-3-6-28-95-56(80)53(77)50(74)40(65)15-35-98-101(85,86)87)42(93-33-20-48(72)63-26-10-23-60-45(69)13-4-7-29-96-57(81)54(78)51(75)41(66)16-36-99-102(88,89)90)17-30-91-31-18-46(70)61-24-8-21-58-43(67)11-2-5-27-94-55(79)52(76)49(73)39(64)14-34-97-100(82,83)84/h38-42,49-57,64-66,73-81H,2-37H2,1H3,(H,58,67)(H,59,68)(H,60,69)(H,61,70)(H,62,71)(H,63,72)(H2,82,83,84)(H2,85,86,87)(H2,88,89,90). The summed E-state index contributed by atoms with van der Waals surface area (Å²) in [7, 11) is -14.4. The molecule has 0 aromatic heterocycles. The average Bonchev–Trinajstić information content (AvgIpc) is 0.953. The van der Waals surface area contributed by atoms with Gasteiger partial charge in [0, 0.05) is 110 Å². The third-order valence-electron chi connectivity index (χ3n) is 14.6. The number of phosphoric acid groups is 3. The van der Waals surface area contributed by atoms with Crippen molar-refractivity contribution in [2.45, 2.75) is 209 Å². The van der Waals surface area contributed by atoms with Crippen molar-refractivity contribution in [1.82, 2.24) is 31.9 Å². The lowest BCUT2D eigenvalue weighted by atomic mass is 10.0. The third kappa shape index (κ3) is 54.9. The molecule has 0 saturated heterocycles. The molecule has 0 rings (SSSR count). The lowest BCUT2D eigenvalue weighted by Gasteiger charge is -2.26. The summed E-state index contributed by atoms with van der Waals surface area (Å²) in [6.45, 7) is 1.40. The van der Waals surface area contributed by atoms with Crippen molar-refractivity contribution in [3.05, 3.63) is 0 Å². The molecule has 0 fully saturated rings. The largest absolute Gasteiger partial charge is 0.469 e. The van der Waals surface area contributed by atoms with Gasteiger partial charge in [0.2, 0.25) is 35.4 Å². The predicted octanol–water partition coefficient (Wildman–Crippen LogP) is -6.27. The summed E-state index contributed by atoms with van der Waals surface area (Å²) < 4.78 is 77.6. The van der Waals surface area contributed by atoms with Gasteiger partial charge in [-0.1, -0.05) is 6.92 Å². The Morgan fingerprint density at radius 2 is 0.578 bits per heavy atom. The number of unbranched alkanes of at least 4 members (excludes halogenated alkanes) is 3. The highest BCUT2D eigenvalue weighted by Crippen LogP contribution is 2.37. The Kier molecular flexibility index (Phi) is 55.6. The quantitative estimate of drug-likeness (QED) is 0.0153. The molecule has 602 valence electrons. The summed E-state index contributed by atoms with van der Waals surface area (Å²) in [5.41, 5.74) is 0. The molecule has 0 aromatic rings. The van der Waals surface area contributed by atoms with Gasteiger partial charge in [0.05, 0.1) is 70.7 Å². The number of rotatable bonds is 67. The first-order valence-electron chi connectivity index (χ1n) is 33.4. The fourth-order valence-electron chi connectivity index (χ4n) is 8.65. The molecule has 6 amide bonds. The van der Waals surface area contributed by atoms with Crippen LogP contribution in [-0.2, 0) is 84.5 Å². The molecule has 14 atom stereocenters. The van der Waals surface area contributed by atoms with Crippen LogP contribution in [0.4, 0.5) is 0 Å². The predicted molar refractivity (Wildman–Crippen MR) is 350 cm³/mol. The highest BCUT2D eigenvalue weighted by molar-refractivity contribution is 7.46. The first-order chi connectivity index (χ1) is 47.9. The highest BCUT2D eigenvalue weighted by atomic mass is 31.2. The Balaban J connectivity index is 4.87. The molecule has 0 heterocycles. The number of carbonyl (C=O) groups excluding carboxylic acids is 6. The molecular weight excluding hydrogens is 1440 g/mol. The van der Waals surface area contributed by atoms with Crippen molar-refractivity contribution >= 4 is 58.9 Å². The molecule has 0 radical (unpaired) electrons. The first kappa shape index (κ1) is 98.4. The van der Waals surface area contributed by atoms with Crippen molar-refractivity contribution < 1.29 is 175 Å². The number of phosphoric ester groups is 3. The van der Waals surface area contributed by atoms with Crippen LogP contribution in [0.15, 0.2) is 0 Å². The van der Waals surface area contributed by atoms with E-state index in [9.17, 15) is 104 Å². The van der Waals surface area contributed by atoms with E-state index in [-0.39, 0.29) is 191 Å². The summed E-state index contributed by atoms with van der Waals surface area (Å²) >= 11 is 0. The number of carbonyl (C=O) groups is 6. The molecule has 102 heavy (non-hydrogen) atoms. The summed E-state index contributed by atoms with van der Waals surface area (Å²) in [6.07, 6.45) is -20.9. The maximum atomic E-state index is 12.7. The molecular formula is C57H113N6O36P3. The fourth-order valence-corrected chi connectivity index (χ4v) is 9.68. The van der Waals surface area contributed by atoms with Crippen LogP contribution in [0.5, 0.6) is 0 Å². The van der Waals surface area contributed by atoms with Crippen molar-refractivity contribution in [3.8, 4) is 0 Å². The van der Waals surface area contributed by atoms with Crippen LogP contribution in [-0.4, -0.2) is 318 Å². The maximum Gasteiger partial charge on any atom is 0.469 e. The Labute approximate surface area is 590 Å². The van der Waals surface area contributed by atoms with E-state index < -0.39 is 142 Å². The van der Waals surface area contributed by atoms with Crippen LogP contribution in [0, 0.1) is 5.92 Å². The molecule has 0 aliphatic rings. The van der Waals surface area contributed by atoms with Crippen LogP contribution in [0.1, 0.15) is 129 Å². The Morgan fingerprint density at radius 3 is 0.873 bits per heavy atom. The second kappa shape index (κ2) is 57.6. The van der Waals surface area contributed by atoms with E-state index in [4.69, 9.17) is 57.8 Å². The Bertz CT molecular complexity index is 2410. The van der Waals surface area contributed by atoms with Gasteiger partial charge in [-0.05, 0) is 83.5 Å². The minimum Gasteiger partial charge on any atom is -0.390 e. The first-order valence-corrected chi connectivity index (χ1v) is 38.0. The average molecular weight is 1550 g/mol. The molecule has 24 N–H and O–H groups in total. The molecule has 45 heteroatoms. The summed E-state index contributed by atoms with van der Waals surface area (Å²) in [6, 6.07) is 0. The van der Waals surface area contributed by atoms with Gasteiger partial charge in [-0.3, -0.25) is 42.3 Å². The molecule has 0 aliphatic carbocycles. The topological polar surface area (TPSA) is 673 Å². The van der Waals surface area contributed by atoms with E-state index >= 15 is 0 Å². The molecule has 0 aromatic carbocycles. The van der Waals surface area contributed by atoms with E-state index in [1.807, 2.05) is 6.92 Å². The van der Waals surface area contributed by atoms with E-state index in [2.05, 4.69) is 45.5 Å². The number of hydrogen-bond acceptors (Lipinski definition) is 30. The Hall–Kier alpha value is -3.57. The van der Waals surface area contributed by atoms with Crippen molar-refractivity contribution in [3.63, 3.8) is 0 Å². The van der Waals surface area contributed by atoms with Gasteiger partial charge in [0.15, 0.2) is 18.9 Å². The zero-order valence-electron chi connectivity index (χ0n) is 57.3. The van der Waals surface area contributed by atoms with Gasteiger partial charge in [0.25, 0.3) is 0 Å². The lowest BCUT2D eigenvalue weighted by Crippen LogP contribution is -2.45. The van der Waals surface area contributed by atoms with E-state index in [1.165, 1.54) is 0 Å². The summed E-state index contributed by atoms with van der Waals surface area (Å²) in [5.74, 6) is -2.12.